The quantitative estimate of drug-likeness (QED) is 0.240. The Morgan fingerprint density at radius 1 is 0.917 bits per heavy atom. The molecule has 1 aromatic heterocycles. The van der Waals surface area contributed by atoms with Gasteiger partial charge in [0.1, 0.15) is 18.2 Å². The van der Waals surface area contributed by atoms with Crippen LogP contribution in [0.1, 0.15) is 48.1 Å². The van der Waals surface area contributed by atoms with Crippen LogP contribution in [-0.2, 0) is 24.3 Å². The molecule has 0 aliphatic carbocycles. The maximum absolute atomic E-state index is 12.7. The summed E-state index contributed by atoms with van der Waals surface area (Å²) in [6.45, 7) is 11.0. The third-order valence-electron chi connectivity index (χ3n) is 6.41. The molecule has 0 atom stereocenters. The Balaban J connectivity index is 1.58. The van der Waals surface area contributed by atoms with Gasteiger partial charge in [-0.25, -0.2) is 9.78 Å². The first-order valence-corrected chi connectivity index (χ1v) is 12.8. The van der Waals surface area contributed by atoms with Gasteiger partial charge in [-0.2, -0.15) is 0 Å². The van der Waals surface area contributed by atoms with E-state index in [4.69, 9.17) is 14.5 Å². The summed E-state index contributed by atoms with van der Waals surface area (Å²) in [5.74, 6) is 1.51. The zero-order valence-electron chi connectivity index (χ0n) is 21.4. The Morgan fingerprint density at radius 2 is 1.67 bits per heavy atom. The molecule has 0 spiro atoms. The minimum atomic E-state index is -0.341. The minimum Gasteiger partial charge on any atom is -0.494 e. The number of carbonyl (C=O) groups is 1. The molecule has 0 aliphatic rings. The number of benzene rings is 3. The van der Waals surface area contributed by atoms with E-state index in [0.29, 0.717) is 18.6 Å². The number of rotatable bonds is 12. The second kappa shape index (κ2) is 12.4. The number of imidazole rings is 1. The van der Waals surface area contributed by atoms with Crippen LogP contribution in [0.2, 0.25) is 0 Å². The minimum absolute atomic E-state index is 0.249. The highest BCUT2D eigenvalue weighted by atomic mass is 16.5. The standard InChI is InChI=1S/C30H35N3O3/c1-4-32(5-2)18-19-33-28-17-14-25(30(34)36-22-24-10-8-7-9-11-24)21-27(28)31-29(33)20-23-12-15-26(16-13-23)35-6-3/h7-17,21H,4-6,18-20,22H2,1-3H3. The maximum atomic E-state index is 12.7. The van der Waals surface area contributed by atoms with Crippen molar-refractivity contribution in [2.45, 2.75) is 40.3 Å². The van der Waals surface area contributed by atoms with Crippen LogP contribution in [-0.4, -0.2) is 46.7 Å². The molecule has 3 aromatic carbocycles. The van der Waals surface area contributed by atoms with Crippen molar-refractivity contribution in [2.24, 2.45) is 0 Å². The van der Waals surface area contributed by atoms with Crippen molar-refractivity contribution in [3.8, 4) is 5.75 Å². The number of ether oxygens (including phenoxy) is 2. The van der Waals surface area contributed by atoms with E-state index < -0.39 is 0 Å². The van der Waals surface area contributed by atoms with Crippen LogP contribution >= 0.6 is 0 Å². The van der Waals surface area contributed by atoms with E-state index in [2.05, 4.69) is 35.4 Å². The fourth-order valence-electron chi connectivity index (χ4n) is 4.33. The summed E-state index contributed by atoms with van der Waals surface area (Å²) in [6, 6.07) is 23.6. The summed E-state index contributed by atoms with van der Waals surface area (Å²) >= 11 is 0. The van der Waals surface area contributed by atoms with Gasteiger partial charge in [-0.15, -0.1) is 0 Å². The predicted octanol–water partition coefficient (Wildman–Crippen LogP) is 5.72. The molecule has 0 saturated carbocycles. The van der Waals surface area contributed by atoms with Crippen LogP contribution in [0.15, 0.2) is 72.8 Å². The number of aromatic nitrogens is 2. The van der Waals surface area contributed by atoms with Gasteiger partial charge in [-0.05, 0) is 61.5 Å². The molecule has 0 bridgehead atoms. The van der Waals surface area contributed by atoms with Gasteiger partial charge < -0.3 is 18.9 Å². The second-order valence-corrected chi connectivity index (χ2v) is 8.73. The molecule has 0 aliphatic heterocycles. The summed E-state index contributed by atoms with van der Waals surface area (Å²) < 4.78 is 13.4. The van der Waals surface area contributed by atoms with Crippen molar-refractivity contribution < 1.29 is 14.3 Å². The molecule has 4 aromatic rings. The van der Waals surface area contributed by atoms with E-state index in [0.717, 1.165) is 54.3 Å². The van der Waals surface area contributed by atoms with Crippen LogP contribution < -0.4 is 4.74 Å². The summed E-state index contributed by atoms with van der Waals surface area (Å²) in [5, 5.41) is 0. The summed E-state index contributed by atoms with van der Waals surface area (Å²) in [5.41, 5.74) is 4.48. The van der Waals surface area contributed by atoms with E-state index in [1.165, 1.54) is 5.56 Å². The Bertz CT molecular complexity index is 1260. The van der Waals surface area contributed by atoms with Gasteiger partial charge in [0.15, 0.2) is 0 Å². The highest BCUT2D eigenvalue weighted by molar-refractivity contribution is 5.93. The summed E-state index contributed by atoms with van der Waals surface area (Å²) in [6.07, 6.45) is 0.702. The molecule has 6 heteroatoms. The monoisotopic (exact) mass is 485 g/mol. The van der Waals surface area contributed by atoms with Crippen molar-refractivity contribution >= 4 is 17.0 Å². The lowest BCUT2D eigenvalue weighted by atomic mass is 10.1. The van der Waals surface area contributed by atoms with Crippen molar-refractivity contribution in [3.05, 3.63) is 95.3 Å². The number of fused-ring (bicyclic) bond motifs is 1. The van der Waals surface area contributed by atoms with Crippen LogP contribution in [0.5, 0.6) is 5.75 Å². The fraction of sp³-hybridized carbons (Fsp3) is 0.333. The number of hydrogen-bond acceptors (Lipinski definition) is 5. The highest BCUT2D eigenvalue weighted by Crippen LogP contribution is 2.22. The summed E-state index contributed by atoms with van der Waals surface area (Å²) in [7, 11) is 0. The van der Waals surface area contributed by atoms with E-state index in [9.17, 15) is 4.79 Å². The van der Waals surface area contributed by atoms with Gasteiger partial charge in [-0.1, -0.05) is 56.3 Å². The number of carbonyl (C=O) groups excluding carboxylic acids is 1. The molecule has 0 radical (unpaired) electrons. The number of nitrogens with zero attached hydrogens (tertiary/aromatic N) is 3. The summed E-state index contributed by atoms with van der Waals surface area (Å²) in [4.78, 5) is 20.1. The smallest absolute Gasteiger partial charge is 0.338 e. The Labute approximate surface area is 213 Å². The first kappa shape index (κ1) is 25.5. The van der Waals surface area contributed by atoms with Crippen molar-refractivity contribution in [1.82, 2.24) is 14.5 Å². The first-order valence-electron chi connectivity index (χ1n) is 12.8. The maximum Gasteiger partial charge on any atom is 0.338 e. The lowest BCUT2D eigenvalue weighted by Gasteiger charge is -2.19. The van der Waals surface area contributed by atoms with Crippen molar-refractivity contribution in [1.29, 1.82) is 0 Å². The van der Waals surface area contributed by atoms with Gasteiger partial charge >= 0.3 is 5.97 Å². The highest BCUT2D eigenvalue weighted by Gasteiger charge is 2.16. The van der Waals surface area contributed by atoms with E-state index in [1.54, 1.807) is 0 Å². The number of esters is 1. The Morgan fingerprint density at radius 3 is 2.36 bits per heavy atom. The van der Waals surface area contributed by atoms with Gasteiger partial charge in [0, 0.05) is 19.5 Å². The largest absolute Gasteiger partial charge is 0.494 e. The first-order chi connectivity index (χ1) is 17.6. The van der Waals surface area contributed by atoms with Crippen molar-refractivity contribution in [3.63, 3.8) is 0 Å². The van der Waals surface area contributed by atoms with Crippen LogP contribution in [0.25, 0.3) is 11.0 Å². The second-order valence-electron chi connectivity index (χ2n) is 8.73. The lowest BCUT2D eigenvalue weighted by molar-refractivity contribution is 0.0473. The zero-order chi connectivity index (χ0) is 25.3. The molecule has 0 amide bonds. The average molecular weight is 486 g/mol. The Hall–Kier alpha value is -3.64. The third-order valence-corrected chi connectivity index (χ3v) is 6.41. The topological polar surface area (TPSA) is 56.6 Å². The molecule has 0 saturated heterocycles. The molecule has 0 unspecified atom stereocenters. The molecule has 4 rings (SSSR count). The molecular weight excluding hydrogens is 450 g/mol. The SMILES string of the molecule is CCOc1ccc(Cc2nc3cc(C(=O)OCc4ccccc4)ccc3n2CCN(CC)CC)cc1. The molecule has 6 nitrogen and oxygen atoms in total. The molecule has 1 heterocycles. The van der Waals surface area contributed by atoms with Crippen LogP contribution in [0.4, 0.5) is 0 Å². The predicted molar refractivity (Wildman–Crippen MR) is 143 cm³/mol. The zero-order valence-corrected chi connectivity index (χ0v) is 21.4. The number of likely N-dealkylation sites (N-methyl/N-ethyl adjacent to an activating group) is 1. The van der Waals surface area contributed by atoms with E-state index in [1.807, 2.05) is 67.6 Å². The van der Waals surface area contributed by atoms with E-state index >= 15 is 0 Å². The molecule has 188 valence electrons. The van der Waals surface area contributed by atoms with Crippen molar-refractivity contribution in [2.75, 3.05) is 26.2 Å². The van der Waals surface area contributed by atoms with E-state index in [-0.39, 0.29) is 12.6 Å². The van der Waals surface area contributed by atoms with Gasteiger partial charge in [-0.3, -0.25) is 0 Å². The van der Waals surface area contributed by atoms with Gasteiger partial charge in [0.25, 0.3) is 0 Å². The number of hydrogen-bond donors (Lipinski definition) is 0. The van der Waals surface area contributed by atoms with Gasteiger partial charge in [0.05, 0.1) is 23.2 Å². The molecule has 0 N–H and O–H groups in total. The molecule has 36 heavy (non-hydrogen) atoms. The average Bonchev–Trinajstić information content (AvgIpc) is 3.25. The van der Waals surface area contributed by atoms with Crippen LogP contribution in [0, 0.1) is 0 Å². The molecular formula is C30H35N3O3. The Kier molecular flexibility index (Phi) is 8.74. The van der Waals surface area contributed by atoms with Gasteiger partial charge in [0.2, 0.25) is 0 Å². The molecule has 0 fully saturated rings. The fourth-order valence-corrected chi connectivity index (χ4v) is 4.33. The lowest BCUT2D eigenvalue weighted by Crippen LogP contribution is -2.27. The van der Waals surface area contributed by atoms with Crippen LogP contribution in [0.3, 0.4) is 0 Å². The third kappa shape index (κ3) is 6.32. The normalized spacial score (nSPS) is 11.2.